The topological polar surface area (TPSA) is 99.8 Å². The summed E-state index contributed by atoms with van der Waals surface area (Å²) in [7, 11) is 1.31. The molecule has 1 heterocycles. The van der Waals surface area contributed by atoms with Crippen LogP contribution in [0.5, 0.6) is 0 Å². The van der Waals surface area contributed by atoms with Gasteiger partial charge in [0, 0.05) is 25.1 Å². The Morgan fingerprint density at radius 2 is 2.00 bits per heavy atom. The molecule has 6 nitrogen and oxygen atoms in total. The Bertz CT molecular complexity index is 516. The van der Waals surface area contributed by atoms with Gasteiger partial charge in [0.25, 0.3) is 5.56 Å². The lowest BCUT2D eigenvalue weighted by molar-refractivity contribution is -0.239. The van der Waals surface area contributed by atoms with E-state index >= 15 is 0 Å². The molecule has 1 aromatic rings. The molecule has 1 aliphatic carbocycles. The van der Waals surface area contributed by atoms with Gasteiger partial charge < -0.3 is 19.9 Å². The van der Waals surface area contributed by atoms with Gasteiger partial charge in [-0.25, -0.2) is 0 Å². The van der Waals surface area contributed by atoms with Crippen LogP contribution < -0.4 is 5.56 Å². The highest BCUT2D eigenvalue weighted by Gasteiger charge is 2.45. The number of aliphatic hydroxyl groups excluding tert-OH is 1. The van der Waals surface area contributed by atoms with Crippen molar-refractivity contribution in [1.29, 1.82) is 0 Å². The van der Waals surface area contributed by atoms with Crippen LogP contribution in [0.25, 0.3) is 0 Å². The molecule has 1 aromatic heterocycles. The van der Waals surface area contributed by atoms with Crippen molar-refractivity contribution in [2.45, 2.75) is 18.3 Å². The monoisotopic (exact) mass is 225 g/mol. The molecular formula is C10H11NO5. The summed E-state index contributed by atoms with van der Waals surface area (Å²) in [6.45, 7) is 0. The first-order valence-corrected chi connectivity index (χ1v) is 4.72. The van der Waals surface area contributed by atoms with Gasteiger partial charge in [0.2, 0.25) is 5.79 Å². The highest BCUT2D eigenvalue weighted by Crippen LogP contribution is 2.31. The van der Waals surface area contributed by atoms with Crippen molar-refractivity contribution in [2.24, 2.45) is 7.05 Å². The largest absolute Gasteiger partial charge is 0.387 e. The number of ketones is 1. The Balaban J connectivity index is 2.81. The van der Waals surface area contributed by atoms with E-state index in [0.29, 0.717) is 0 Å². The van der Waals surface area contributed by atoms with Gasteiger partial charge >= 0.3 is 0 Å². The number of rotatable bonds is 0. The van der Waals surface area contributed by atoms with Gasteiger partial charge in [-0.2, -0.15) is 0 Å². The van der Waals surface area contributed by atoms with Crippen LogP contribution in [-0.4, -0.2) is 31.8 Å². The highest BCUT2D eigenvalue weighted by molar-refractivity contribution is 5.98. The first-order chi connectivity index (χ1) is 7.35. The molecular weight excluding hydrogens is 214 g/mol. The van der Waals surface area contributed by atoms with Gasteiger partial charge in [-0.3, -0.25) is 9.59 Å². The number of pyridine rings is 1. The SMILES string of the molecule is Cn1c2c(ccc1=O)C(=O)CC(O)C2(O)O. The molecule has 0 aliphatic heterocycles. The molecule has 3 N–H and O–H groups in total. The van der Waals surface area contributed by atoms with E-state index in [0.717, 1.165) is 4.57 Å². The zero-order valence-electron chi connectivity index (χ0n) is 8.54. The second-order valence-corrected chi connectivity index (χ2v) is 3.86. The second-order valence-electron chi connectivity index (χ2n) is 3.86. The molecule has 0 saturated heterocycles. The molecule has 0 amide bonds. The number of carbonyl (C=O) groups is 1. The summed E-state index contributed by atoms with van der Waals surface area (Å²) in [5.41, 5.74) is -0.686. The van der Waals surface area contributed by atoms with Gasteiger partial charge in [-0.1, -0.05) is 0 Å². The Labute approximate surface area is 90.4 Å². The van der Waals surface area contributed by atoms with E-state index in [9.17, 15) is 24.9 Å². The normalized spacial score (nSPS) is 23.0. The number of aromatic nitrogens is 1. The van der Waals surface area contributed by atoms with Crippen molar-refractivity contribution in [1.82, 2.24) is 4.57 Å². The third-order valence-electron chi connectivity index (χ3n) is 2.81. The standard InChI is InChI=1S/C10H11NO5/c1-11-8(14)3-2-5-6(12)4-7(13)10(15,16)9(5)11/h2-3,7,13,15-16H,4H2,1H3. The maximum absolute atomic E-state index is 11.5. The van der Waals surface area contributed by atoms with E-state index < -0.39 is 23.2 Å². The number of carbonyl (C=O) groups excluding carboxylic acids is 1. The Morgan fingerprint density at radius 3 is 2.62 bits per heavy atom. The number of Topliss-reactive ketones (excluding diaryl/α,β-unsaturated/α-hetero) is 1. The van der Waals surface area contributed by atoms with E-state index in [1.54, 1.807) is 0 Å². The lowest BCUT2D eigenvalue weighted by Gasteiger charge is -2.34. The van der Waals surface area contributed by atoms with Gasteiger partial charge in [-0.05, 0) is 6.07 Å². The Morgan fingerprint density at radius 1 is 1.38 bits per heavy atom. The molecule has 2 rings (SSSR count). The summed E-state index contributed by atoms with van der Waals surface area (Å²) < 4.78 is 0.954. The molecule has 0 bridgehead atoms. The fourth-order valence-electron chi connectivity index (χ4n) is 1.89. The van der Waals surface area contributed by atoms with E-state index in [-0.39, 0.29) is 17.7 Å². The predicted molar refractivity (Wildman–Crippen MR) is 52.8 cm³/mol. The first kappa shape index (κ1) is 11.0. The van der Waals surface area contributed by atoms with Gasteiger partial charge in [0.15, 0.2) is 5.78 Å². The van der Waals surface area contributed by atoms with Crippen LogP contribution in [0.15, 0.2) is 16.9 Å². The quantitative estimate of drug-likeness (QED) is 0.465. The van der Waals surface area contributed by atoms with Gasteiger partial charge in [0.1, 0.15) is 6.10 Å². The minimum absolute atomic E-state index is 0.0531. The van der Waals surface area contributed by atoms with Crippen LogP contribution in [0.2, 0.25) is 0 Å². The number of aliphatic hydroxyl groups is 3. The molecule has 0 saturated carbocycles. The summed E-state index contributed by atoms with van der Waals surface area (Å²) in [6, 6.07) is 2.41. The van der Waals surface area contributed by atoms with E-state index in [1.807, 2.05) is 0 Å². The summed E-state index contributed by atoms with van der Waals surface area (Å²) >= 11 is 0. The number of hydrogen-bond donors (Lipinski definition) is 3. The maximum Gasteiger partial charge on any atom is 0.250 e. The minimum atomic E-state index is -2.57. The predicted octanol–water partition coefficient (Wildman–Crippen LogP) is -1.53. The third-order valence-corrected chi connectivity index (χ3v) is 2.81. The average Bonchev–Trinajstić information content (AvgIpc) is 2.19. The fourth-order valence-corrected chi connectivity index (χ4v) is 1.89. The third kappa shape index (κ3) is 1.31. The van der Waals surface area contributed by atoms with Crippen LogP contribution in [0.4, 0.5) is 0 Å². The summed E-state index contributed by atoms with van der Waals surface area (Å²) in [6.07, 6.45) is -2.00. The molecule has 16 heavy (non-hydrogen) atoms. The highest BCUT2D eigenvalue weighted by atomic mass is 16.5. The van der Waals surface area contributed by atoms with Crippen LogP contribution in [0, 0.1) is 0 Å². The summed E-state index contributed by atoms with van der Waals surface area (Å²) in [5.74, 6) is -2.99. The molecule has 0 spiro atoms. The molecule has 86 valence electrons. The smallest absolute Gasteiger partial charge is 0.250 e. The number of fused-ring (bicyclic) bond motifs is 1. The van der Waals surface area contributed by atoms with Crippen molar-refractivity contribution >= 4 is 5.78 Å². The van der Waals surface area contributed by atoms with Crippen LogP contribution in [-0.2, 0) is 12.8 Å². The second kappa shape index (κ2) is 3.24. The summed E-state index contributed by atoms with van der Waals surface area (Å²) in [5, 5.41) is 28.9. The molecule has 1 aliphatic rings. The number of hydrogen-bond acceptors (Lipinski definition) is 5. The fraction of sp³-hybridized carbons (Fsp3) is 0.400. The van der Waals surface area contributed by atoms with Crippen molar-refractivity contribution in [3.63, 3.8) is 0 Å². The Hall–Kier alpha value is -1.50. The lowest BCUT2D eigenvalue weighted by Crippen LogP contribution is -2.49. The molecule has 0 radical (unpaired) electrons. The zero-order valence-corrected chi connectivity index (χ0v) is 8.54. The lowest BCUT2D eigenvalue weighted by atomic mass is 9.87. The molecule has 0 aromatic carbocycles. The van der Waals surface area contributed by atoms with E-state index in [1.165, 1.54) is 19.2 Å². The minimum Gasteiger partial charge on any atom is -0.387 e. The zero-order chi connectivity index (χ0) is 12.1. The van der Waals surface area contributed by atoms with E-state index in [4.69, 9.17) is 0 Å². The van der Waals surface area contributed by atoms with Crippen molar-refractivity contribution in [3.8, 4) is 0 Å². The van der Waals surface area contributed by atoms with Crippen LogP contribution >= 0.6 is 0 Å². The van der Waals surface area contributed by atoms with E-state index in [2.05, 4.69) is 0 Å². The molecule has 6 heteroatoms. The first-order valence-electron chi connectivity index (χ1n) is 4.72. The molecule has 0 fully saturated rings. The Kier molecular flexibility index (Phi) is 2.23. The van der Waals surface area contributed by atoms with Crippen LogP contribution in [0.3, 0.4) is 0 Å². The van der Waals surface area contributed by atoms with Crippen molar-refractivity contribution in [3.05, 3.63) is 33.7 Å². The van der Waals surface area contributed by atoms with Gasteiger partial charge in [-0.15, -0.1) is 0 Å². The van der Waals surface area contributed by atoms with Crippen molar-refractivity contribution in [2.75, 3.05) is 0 Å². The average molecular weight is 225 g/mol. The van der Waals surface area contributed by atoms with Crippen LogP contribution in [0.1, 0.15) is 22.5 Å². The van der Waals surface area contributed by atoms with Gasteiger partial charge in [0.05, 0.1) is 5.69 Å². The maximum atomic E-state index is 11.5. The molecule has 1 unspecified atom stereocenters. The number of nitrogens with zero attached hydrogens (tertiary/aromatic N) is 1. The summed E-state index contributed by atoms with van der Waals surface area (Å²) in [4.78, 5) is 22.9. The molecule has 1 atom stereocenters. The van der Waals surface area contributed by atoms with Crippen molar-refractivity contribution < 1.29 is 20.1 Å².